The molecule has 3 aromatic heterocycles. The molecule has 200 valence electrons. The van der Waals surface area contributed by atoms with Crippen LogP contribution in [-0.4, -0.2) is 60.6 Å². The van der Waals surface area contributed by atoms with E-state index in [1.807, 2.05) is 0 Å². The number of amides is 1. The van der Waals surface area contributed by atoms with E-state index in [0.717, 1.165) is 0 Å². The molecule has 1 aliphatic carbocycles. The van der Waals surface area contributed by atoms with Crippen molar-refractivity contribution in [3.05, 3.63) is 41.3 Å². The zero-order valence-electron chi connectivity index (χ0n) is 21.5. The quantitative estimate of drug-likeness (QED) is 0.431. The topological polar surface area (TPSA) is 110 Å². The first-order chi connectivity index (χ1) is 17.3. The predicted molar refractivity (Wildman–Crippen MR) is 139 cm³/mol. The average Bonchev–Trinajstić information content (AvgIpc) is 3.24. The van der Waals surface area contributed by atoms with Crippen LogP contribution in [0.25, 0.3) is 17.0 Å². The summed E-state index contributed by atoms with van der Waals surface area (Å²) in [5, 5.41) is 15.1. The Morgan fingerprint density at radius 1 is 1.19 bits per heavy atom. The Hall–Kier alpha value is -2.85. The van der Waals surface area contributed by atoms with Gasteiger partial charge in [0.1, 0.15) is 17.5 Å². The summed E-state index contributed by atoms with van der Waals surface area (Å²) in [5.41, 5.74) is 4.83. The number of nitrogens with zero attached hydrogens (tertiary/aromatic N) is 5. The molecule has 1 aliphatic rings. The first-order valence-corrected chi connectivity index (χ1v) is 12.7. The van der Waals surface area contributed by atoms with Crippen LogP contribution in [0.15, 0.2) is 30.7 Å². The van der Waals surface area contributed by atoms with E-state index in [0.29, 0.717) is 53.4 Å². The van der Waals surface area contributed by atoms with Crippen LogP contribution >= 0.6 is 11.6 Å². The molecule has 3 aromatic rings. The van der Waals surface area contributed by atoms with Gasteiger partial charge in [-0.3, -0.25) is 9.78 Å². The highest BCUT2D eigenvalue weighted by molar-refractivity contribution is 6.30. The number of alkyl halides is 2. The first-order valence-electron chi connectivity index (χ1n) is 12.4. The lowest BCUT2D eigenvalue weighted by Gasteiger charge is -2.42. The minimum Gasteiger partial charge on any atom is -0.387 e. The van der Waals surface area contributed by atoms with Gasteiger partial charge in [0.25, 0.3) is 5.91 Å². The molecular formula is C26H33ClF2N6O2. The molecule has 3 heterocycles. The monoisotopic (exact) mass is 534 g/mol. The predicted octanol–water partition coefficient (Wildman–Crippen LogP) is 4.77. The van der Waals surface area contributed by atoms with Crippen molar-refractivity contribution in [3.63, 3.8) is 0 Å². The van der Waals surface area contributed by atoms with E-state index in [4.69, 9.17) is 17.3 Å². The van der Waals surface area contributed by atoms with Gasteiger partial charge in [-0.2, -0.15) is 5.10 Å². The number of carbonyl (C=O) groups is 1. The maximum Gasteiger partial charge on any atom is 0.252 e. The number of hydrogen-bond donors (Lipinski definition) is 2. The highest BCUT2D eigenvalue weighted by atomic mass is 35.5. The van der Waals surface area contributed by atoms with Gasteiger partial charge in [0.05, 0.1) is 46.5 Å². The third-order valence-electron chi connectivity index (χ3n) is 7.28. The van der Waals surface area contributed by atoms with Crippen LogP contribution in [0.2, 0.25) is 5.02 Å². The highest BCUT2D eigenvalue weighted by Crippen LogP contribution is 2.39. The number of aromatic nitrogens is 4. The molecule has 11 heteroatoms. The molecule has 37 heavy (non-hydrogen) atoms. The molecule has 0 spiro atoms. The minimum atomic E-state index is -1.63. The molecule has 0 radical (unpaired) electrons. The van der Waals surface area contributed by atoms with Crippen molar-refractivity contribution in [1.29, 1.82) is 0 Å². The first kappa shape index (κ1) is 27.2. The molecule has 1 fully saturated rings. The smallest absolute Gasteiger partial charge is 0.252 e. The molecular weight excluding hydrogens is 502 g/mol. The van der Waals surface area contributed by atoms with E-state index in [-0.39, 0.29) is 24.1 Å². The number of fused-ring (bicyclic) bond motifs is 1. The highest BCUT2D eigenvalue weighted by Gasteiger charge is 2.38. The Labute approximate surface area is 219 Å². The van der Waals surface area contributed by atoms with Crippen LogP contribution < -0.4 is 10.6 Å². The lowest BCUT2D eigenvalue weighted by Crippen LogP contribution is -2.48. The Balaban J connectivity index is 1.78. The second-order valence-corrected chi connectivity index (χ2v) is 11.3. The van der Waals surface area contributed by atoms with Crippen molar-refractivity contribution in [3.8, 4) is 11.4 Å². The molecule has 1 saturated carbocycles. The van der Waals surface area contributed by atoms with Crippen molar-refractivity contribution >= 4 is 28.8 Å². The van der Waals surface area contributed by atoms with Crippen LogP contribution in [0, 0.1) is 5.92 Å². The second kappa shape index (κ2) is 10.1. The van der Waals surface area contributed by atoms with Crippen LogP contribution in [0.3, 0.4) is 0 Å². The Bertz CT molecular complexity index is 1280. The van der Waals surface area contributed by atoms with Gasteiger partial charge in [0.15, 0.2) is 5.65 Å². The molecule has 4 rings (SSSR count). The normalized spacial score (nSPS) is 19.7. The zero-order chi connectivity index (χ0) is 27.1. The van der Waals surface area contributed by atoms with Gasteiger partial charge in [-0.1, -0.05) is 11.6 Å². The summed E-state index contributed by atoms with van der Waals surface area (Å²) in [4.78, 5) is 23.0. The van der Waals surface area contributed by atoms with Crippen molar-refractivity contribution in [2.24, 2.45) is 11.7 Å². The summed E-state index contributed by atoms with van der Waals surface area (Å²) in [6.45, 7) is 5.79. The van der Waals surface area contributed by atoms with E-state index in [1.54, 1.807) is 41.6 Å². The molecule has 1 amide bonds. The van der Waals surface area contributed by atoms with Crippen LogP contribution in [0.1, 0.15) is 63.7 Å². The van der Waals surface area contributed by atoms with E-state index < -0.39 is 23.3 Å². The lowest BCUT2D eigenvalue weighted by atomic mass is 9.77. The number of halogens is 3. The summed E-state index contributed by atoms with van der Waals surface area (Å²) in [5.74, 6) is -0.819. The number of pyridine rings is 1. The van der Waals surface area contributed by atoms with Crippen LogP contribution in [-0.2, 0) is 0 Å². The van der Waals surface area contributed by atoms with Gasteiger partial charge in [-0.05, 0) is 65.4 Å². The fourth-order valence-electron chi connectivity index (χ4n) is 4.95. The fraction of sp³-hybridized carbons (Fsp3) is 0.538. The third-order valence-corrected chi connectivity index (χ3v) is 7.49. The van der Waals surface area contributed by atoms with E-state index >= 15 is 4.39 Å². The number of imidazole rings is 1. The Morgan fingerprint density at radius 3 is 2.46 bits per heavy atom. The summed E-state index contributed by atoms with van der Waals surface area (Å²) >= 11 is 6.04. The van der Waals surface area contributed by atoms with Gasteiger partial charge in [-0.15, -0.1) is 0 Å². The summed E-state index contributed by atoms with van der Waals surface area (Å²) < 4.78 is 31.5. The number of primary amides is 1. The SMILES string of the molecule is CC(C)(F)C1CCC(N(C[C@@H](F)C(C)(C)O)c2cc(-c3cnc4cc(Cl)cnn34)ncc2C(N)=O)CC1. The zero-order valence-corrected chi connectivity index (χ0v) is 22.2. The molecule has 0 unspecified atom stereocenters. The van der Waals surface area contributed by atoms with Gasteiger partial charge >= 0.3 is 0 Å². The molecule has 3 N–H and O–H groups in total. The largest absolute Gasteiger partial charge is 0.387 e. The minimum absolute atomic E-state index is 0.110. The third kappa shape index (κ3) is 5.85. The number of nitrogens with two attached hydrogens (primary N) is 1. The summed E-state index contributed by atoms with van der Waals surface area (Å²) in [6.07, 6.45) is 5.24. The van der Waals surface area contributed by atoms with Gasteiger partial charge < -0.3 is 15.7 Å². The number of carbonyl (C=O) groups excluding carboxylic acids is 1. The van der Waals surface area contributed by atoms with Crippen molar-refractivity contribution in [1.82, 2.24) is 19.6 Å². The summed E-state index contributed by atoms with van der Waals surface area (Å²) in [6, 6.07) is 3.14. The lowest BCUT2D eigenvalue weighted by molar-refractivity contribution is -0.000888. The molecule has 0 bridgehead atoms. The maximum absolute atomic E-state index is 15.3. The van der Waals surface area contributed by atoms with Crippen molar-refractivity contribution in [2.75, 3.05) is 11.4 Å². The van der Waals surface area contributed by atoms with Gasteiger partial charge in [0.2, 0.25) is 0 Å². The van der Waals surface area contributed by atoms with E-state index in [9.17, 15) is 14.3 Å². The number of aliphatic hydroxyl groups is 1. The summed E-state index contributed by atoms with van der Waals surface area (Å²) in [7, 11) is 0. The molecule has 0 aliphatic heterocycles. The number of rotatable bonds is 8. The molecule has 0 saturated heterocycles. The molecule has 1 atom stereocenters. The van der Waals surface area contributed by atoms with Crippen LogP contribution in [0.5, 0.6) is 0 Å². The van der Waals surface area contributed by atoms with Gasteiger partial charge in [-0.25, -0.2) is 18.3 Å². The molecule has 0 aromatic carbocycles. The van der Waals surface area contributed by atoms with E-state index in [1.165, 1.54) is 26.2 Å². The number of anilines is 1. The Kier molecular flexibility index (Phi) is 7.45. The standard InChI is InChI=1S/C26H33ClF2N6O2/c1-25(2,29)15-5-7-17(8-6-15)34(14-22(28)26(3,4)37)20-10-19(31-12-18(20)24(30)36)21-13-32-23-9-16(27)11-33-35(21)23/h9-13,15,17,22,37H,5-8,14H2,1-4H3,(H2,30,36)/t15?,17?,22-/m1/s1. The second-order valence-electron chi connectivity index (χ2n) is 10.9. The van der Waals surface area contributed by atoms with Crippen molar-refractivity contribution in [2.45, 2.75) is 76.9 Å². The average molecular weight is 535 g/mol. The Morgan fingerprint density at radius 2 is 1.86 bits per heavy atom. The van der Waals surface area contributed by atoms with E-state index in [2.05, 4.69) is 15.1 Å². The van der Waals surface area contributed by atoms with Gasteiger partial charge in [0, 0.05) is 18.3 Å². The number of hydrogen-bond acceptors (Lipinski definition) is 6. The van der Waals surface area contributed by atoms with Crippen LogP contribution in [0.4, 0.5) is 14.5 Å². The maximum atomic E-state index is 15.3. The molecule has 8 nitrogen and oxygen atoms in total. The fourth-order valence-corrected chi connectivity index (χ4v) is 5.10. The van der Waals surface area contributed by atoms with Crippen molar-refractivity contribution < 1.29 is 18.7 Å².